The van der Waals surface area contributed by atoms with Crippen LogP contribution in [0, 0.1) is 17.1 Å². The lowest BCUT2D eigenvalue weighted by Crippen LogP contribution is -2.58. The van der Waals surface area contributed by atoms with Gasteiger partial charge in [-0.2, -0.15) is 18.4 Å². The van der Waals surface area contributed by atoms with E-state index in [1.165, 1.54) is 18.6 Å². The topological polar surface area (TPSA) is 128 Å². The standard InChI is InChI=1S/C20H19F4N5O3S/c21-13-3-1-12(2-4-13)17(20(22,23)24)28-16(18(30)29-19(11-25)5-6-19)15(33(31)32)9-14-10-26-7-8-27-14/h1-4,7-8,10,15-17,28H,5-6,9H2,(H,29,30)(H,31,32)/t15?,16?,17-/m1/s1. The van der Waals surface area contributed by atoms with Gasteiger partial charge >= 0.3 is 6.18 Å². The molecule has 0 spiro atoms. The highest BCUT2D eigenvalue weighted by Crippen LogP contribution is 2.36. The fourth-order valence-electron chi connectivity index (χ4n) is 3.22. The molecule has 0 bridgehead atoms. The molecule has 2 aromatic rings. The summed E-state index contributed by atoms with van der Waals surface area (Å²) in [6, 6.07) is 1.06. The van der Waals surface area contributed by atoms with Gasteiger partial charge in [0, 0.05) is 25.0 Å². The summed E-state index contributed by atoms with van der Waals surface area (Å²) in [4.78, 5) is 20.8. The van der Waals surface area contributed by atoms with Gasteiger partial charge in [-0.1, -0.05) is 12.1 Å². The zero-order chi connectivity index (χ0) is 24.2. The van der Waals surface area contributed by atoms with Gasteiger partial charge in [0.15, 0.2) is 11.1 Å². The van der Waals surface area contributed by atoms with Crippen molar-refractivity contribution in [3.8, 4) is 6.07 Å². The molecule has 1 heterocycles. The molecule has 33 heavy (non-hydrogen) atoms. The van der Waals surface area contributed by atoms with E-state index in [4.69, 9.17) is 0 Å². The Balaban J connectivity index is 1.98. The Labute approximate surface area is 188 Å². The second-order valence-corrected chi connectivity index (χ2v) is 8.73. The highest BCUT2D eigenvalue weighted by molar-refractivity contribution is 7.80. The molecule has 8 nitrogen and oxygen atoms in total. The van der Waals surface area contributed by atoms with Crippen molar-refractivity contribution in [2.75, 3.05) is 0 Å². The fourth-order valence-corrected chi connectivity index (χ4v) is 3.97. The van der Waals surface area contributed by atoms with Gasteiger partial charge in [-0.3, -0.25) is 20.1 Å². The molecule has 1 aliphatic carbocycles. The van der Waals surface area contributed by atoms with E-state index in [9.17, 15) is 36.4 Å². The van der Waals surface area contributed by atoms with Crippen molar-refractivity contribution in [1.82, 2.24) is 20.6 Å². The van der Waals surface area contributed by atoms with Crippen molar-refractivity contribution in [3.05, 3.63) is 59.9 Å². The highest BCUT2D eigenvalue weighted by atomic mass is 32.2. The van der Waals surface area contributed by atoms with Crippen LogP contribution >= 0.6 is 0 Å². The first-order chi connectivity index (χ1) is 15.5. The van der Waals surface area contributed by atoms with E-state index < -0.39 is 57.4 Å². The summed E-state index contributed by atoms with van der Waals surface area (Å²) in [6.45, 7) is 0. The smallest absolute Gasteiger partial charge is 0.336 e. The molecule has 1 aromatic heterocycles. The number of aromatic nitrogens is 2. The summed E-state index contributed by atoms with van der Waals surface area (Å²) in [7, 11) is 0. The van der Waals surface area contributed by atoms with Crippen LogP contribution in [0.25, 0.3) is 0 Å². The van der Waals surface area contributed by atoms with Crippen LogP contribution in [0.5, 0.6) is 0 Å². The summed E-state index contributed by atoms with van der Waals surface area (Å²) >= 11 is -2.77. The maximum atomic E-state index is 13.9. The lowest BCUT2D eigenvalue weighted by molar-refractivity contribution is -0.161. The van der Waals surface area contributed by atoms with E-state index in [-0.39, 0.29) is 12.1 Å². The predicted octanol–water partition coefficient (Wildman–Crippen LogP) is 2.18. The van der Waals surface area contributed by atoms with E-state index in [0.29, 0.717) is 12.8 Å². The van der Waals surface area contributed by atoms with E-state index in [2.05, 4.69) is 20.6 Å². The van der Waals surface area contributed by atoms with Gasteiger partial charge in [0.05, 0.1) is 17.0 Å². The molecule has 1 saturated carbocycles. The Bertz CT molecular complexity index is 1040. The third kappa shape index (κ3) is 6.31. The Morgan fingerprint density at radius 1 is 1.27 bits per heavy atom. The molecule has 0 saturated heterocycles. The van der Waals surface area contributed by atoms with Gasteiger partial charge in [0.1, 0.15) is 23.4 Å². The largest absolute Gasteiger partial charge is 0.407 e. The molecule has 1 amide bonds. The molecule has 0 aliphatic heterocycles. The molecule has 1 aromatic carbocycles. The number of halogens is 4. The maximum absolute atomic E-state index is 13.9. The van der Waals surface area contributed by atoms with Crippen molar-refractivity contribution in [1.29, 1.82) is 5.26 Å². The summed E-state index contributed by atoms with van der Waals surface area (Å²) < 4.78 is 77.1. The van der Waals surface area contributed by atoms with Crippen molar-refractivity contribution in [3.63, 3.8) is 0 Å². The van der Waals surface area contributed by atoms with Crippen LogP contribution in [0.15, 0.2) is 42.9 Å². The lowest BCUT2D eigenvalue weighted by Gasteiger charge is -2.31. The van der Waals surface area contributed by atoms with Crippen molar-refractivity contribution in [2.24, 2.45) is 0 Å². The van der Waals surface area contributed by atoms with Crippen LogP contribution in [0.3, 0.4) is 0 Å². The van der Waals surface area contributed by atoms with Gasteiger partial charge in [-0.05, 0) is 30.5 Å². The molecule has 3 unspecified atom stereocenters. The molecule has 1 fully saturated rings. The number of nitrogens with one attached hydrogen (secondary N) is 2. The number of rotatable bonds is 9. The van der Waals surface area contributed by atoms with Crippen LogP contribution in [-0.4, -0.2) is 47.6 Å². The minimum Gasteiger partial charge on any atom is -0.336 e. The lowest BCUT2D eigenvalue weighted by atomic mass is 10.0. The second kappa shape index (κ2) is 9.90. The van der Waals surface area contributed by atoms with Gasteiger partial charge < -0.3 is 9.87 Å². The Morgan fingerprint density at radius 3 is 2.42 bits per heavy atom. The molecule has 3 rings (SSSR count). The number of hydrogen-bond acceptors (Lipinski definition) is 6. The summed E-state index contributed by atoms with van der Waals surface area (Å²) in [5.41, 5.74) is -1.45. The zero-order valence-electron chi connectivity index (χ0n) is 16.9. The Morgan fingerprint density at radius 2 is 1.94 bits per heavy atom. The third-order valence-corrected chi connectivity index (χ3v) is 6.10. The Hall–Kier alpha value is -2.95. The number of nitriles is 1. The first-order valence-electron chi connectivity index (χ1n) is 9.71. The quantitative estimate of drug-likeness (QED) is 0.367. The first-order valence-corrected chi connectivity index (χ1v) is 10.9. The summed E-state index contributed by atoms with van der Waals surface area (Å²) in [5, 5.41) is 12.2. The SMILES string of the molecule is N#CC1(NC(=O)C(N[C@H](c2ccc(F)cc2)C(F)(F)F)C(Cc2cnccn2)S(=O)O)CC1. The van der Waals surface area contributed by atoms with E-state index in [0.717, 1.165) is 24.3 Å². The maximum Gasteiger partial charge on any atom is 0.407 e. The van der Waals surface area contributed by atoms with Crippen LogP contribution in [-0.2, 0) is 22.3 Å². The van der Waals surface area contributed by atoms with Gasteiger partial charge in [-0.15, -0.1) is 0 Å². The highest BCUT2D eigenvalue weighted by Gasteiger charge is 2.49. The van der Waals surface area contributed by atoms with Gasteiger partial charge in [-0.25, -0.2) is 8.60 Å². The van der Waals surface area contributed by atoms with Crippen molar-refractivity contribution < 1.29 is 31.1 Å². The molecule has 3 N–H and O–H groups in total. The van der Waals surface area contributed by atoms with E-state index >= 15 is 0 Å². The number of hydrogen-bond donors (Lipinski definition) is 3. The number of carbonyl (C=O) groups excluding carboxylic acids is 1. The van der Waals surface area contributed by atoms with Crippen LogP contribution in [0.1, 0.15) is 30.1 Å². The number of benzene rings is 1. The average molecular weight is 485 g/mol. The molecule has 1 aliphatic rings. The number of nitrogens with zero attached hydrogens (tertiary/aromatic N) is 3. The minimum atomic E-state index is -4.93. The monoisotopic (exact) mass is 485 g/mol. The first kappa shape index (κ1) is 24.7. The molecule has 0 radical (unpaired) electrons. The van der Waals surface area contributed by atoms with Crippen molar-refractivity contribution in [2.45, 2.75) is 48.3 Å². The van der Waals surface area contributed by atoms with E-state index in [1.54, 1.807) is 0 Å². The van der Waals surface area contributed by atoms with E-state index in [1.807, 2.05) is 6.07 Å². The zero-order valence-corrected chi connectivity index (χ0v) is 17.7. The fraction of sp³-hybridized carbons (Fsp3) is 0.400. The third-order valence-electron chi connectivity index (χ3n) is 5.14. The summed E-state index contributed by atoms with van der Waals surface area (Å²) in [5.74, 6) is -1.79. The van der Waals surface area contributed by atoms with Crippen LogP contribution in [0.2, 0.25) is 0 Å². The normalized spacial score (nSPS) is 18.4. The van der Waals surface area contributed by atoms with Crippen molar-refractivity contribution >= 4 is 17.0 Å². The molecular weight excluding hydrogens is 466 g/mol. The molecular formula is C20H19F4N5O3S. The number of carbonyl (C=O) groups is 1. The van der Waals surface area contributed by atoms with Crippen LogP contribution < -0.4 is 10.6 Å². The molecule has 13 heteroatoms. The molecule has 176 valence electrons. The van der Waals surface area contributed by atoms with Crippen LogP contribution in [0.4, 0.5) is 17.6 Å². The van der Waals surface area contributed by atoms with Gasteiger partial charge in [0.25, 0.3) is 0 Å². The second-order valence-electron chi connectivity index (χ2n) is 7.57. The summed E-state index contributed by atoms with van der Waals surface area (Å²) in [6.07, 6.45) is -0.782. The predicted molar refractivity (Wildman–Crippen MR) is 108 cm³/mol. The Kier molecular flexibility index (Phi) is 7.41. The number of amides is 1. The van der Waals surface area contributed by atoms with Gasteiger partial charge in [0.2, 0.25) is 5.91 Å². The molecule has 4 atom stereocenters. The average Bonchev–Trinajstić information content (AvgIpc) is 3.53. The minimum absolute atomic E-state index is 0.177. The number of alkyl halides is 3.